The highest BCUT2D eigenvalue weighted by molar-refractivity contribution is 5.83. The van der Waals surface area contributed by atoms with Crippen molar-refractivity contribution in [2.24, 2.45) is 0 Å². The number of nitrogens with one attached hydrogen (secondary N) is 1. The van der Waals surface area contributed by atoms with E-state index in [0.29, 0.717) is 5.75 Å². The molecule has 18 heavy (non-hydrogen) atoms. The Morgan fingerprint density at radius 1 is 1.44 bits per heavy atom. The van der Waals surface area contributed by atoms with Crippen molar-refractivity contribution in [3.8, 4) is 5.75 Å². The van der Waals surface area contributed by atoms with Crippen LogP contribution in [0.3, 0.4) is 0 Å². The van der Waals surface area contributed by atoms with E-state index >= 15 is 0 Å². The van der Waals surface area contributed by atoms with Gasteiger partial charge in [0.25, 0.3) is 0 Å². The van der Waals surface area contributed by atoms with Crippen LogP contribution in [0.15, 0.2) is 24.3 Å². The average molecular weight is 253 g/mol. The Bertz CT molecular complexity index is 394. The number of carbonyl (C=O) groups excluding carboxylic acids is 1. The van der Waals surface area contributed by atoms with Gasteiger partial charge in [-0.1, -0.05) is 12.1 Å². The Morgan fingerprint density at radius 2 is 2.17 bits per heavy atom. The topological polar surface area (TPSA) is 67.8 Å². The highest BCUT2D eigenvalue weighted by atomic mass is 16.6. The lowest BCUT2D eigenvalue weighted by atomic mass is 10.0. The molecule has 2 atom stereocenters. The van der Waals surface area contributed by atoms with Gasteiger partial charge in [-0.15, -0.1) is 0 Å². The van der Waals surface area contributed by atoms with Gasteiger partial charge >= 0.3 is 0 Å². The predicted molar refractivity (Wildman–Crippen MR) is 67.4 cm³/mol. The van der Waals surface area contributed by atoms with Crippen LogP contribution in [0.4, 0.5) is 0 Å². The van der Waals surface area contributed by atoms with Crippen LogP contribution in [0.1, 0.15) is 18.4 Å². The molecule has 0 aliphatic heterocycles. The van der Waals surface area contributed by atoms with Crippen molar-refractivity contribution < 1.29 is 19.4 Å². The van der Waals surface area contributed by atoms with Crippen molar-refractivity contribution in [1.29, 1.82) is 0 Å². The number of aliphatic hydroxyl groups excluding tert-OH is 1. The van der Waals surface area contributed by atoms with Gasteiger partial charge in [0.2, 0.25) is 5.91 Å². The maximum Gasteiger partial charge on any atom is 0.227 e. The summed E-state index contributed by atoms with van der Waals surface area (Å²) in [6.07, 6.45) is -0.980. The van der Waals surface area contributed by atoms with E-state index in [0.717, 1.165) is 5.56 Å². The molecule has 2 N–H and O–H groups in total. The van der Waals surface area contributed by atoms with Gasteiger partial charge in [-0.05, 0) is 24.6 Å². The highest BCUT2D eigenvalue weighted by Crippen LogP contribution is 2.20. The van der Waals surface area contributed by atoms with Crippen molar-refractivity contribution in [2.75, 3.05) is 20.8 Å². The summed E-state index contributed by atoms with van der Waals surface area (Å²) in [6.45, 7) is 1.87. The number of amides is 1. The zero-order valence-corrected chi connectivity index (χ0v) is 10.8. The van der Waals surface area contributed by atoms with Gasteiger partial charge < -0.3 is 19.9 Å². The van der Waals surface area contributed by atoms with Crippen LogP contribution in [0, 0.1) is 0 Å². The highest BCUT2D eigenvalue weighted by Gasteiger charge is 2.16. The minimum atomic E-state index is -0.980. The molecule has 0 fully saturated rings. The Labute approximate surface area is 107 Å². The number of aliphatic hydroxyl groups is 1. The minimum absolute atomic E-state index is 0.0731. The van der Waals surface area contributed by atoms with Crippen molar-refractivity contribution in [2.45, 2.75) is 19.1 Å². The number of hydrogen-bond donors (Lipinski definition) is 2. The van der Waals surface area contributed by atoms with Crippen LogP contribution >= 0.6 is 0 Å². The van der Waals surface area contributed by atoms with Crippen molar-refractivity contribution in [1.82, 2.24) is 5.32 Å². The third kappa shape index (κ3) is 4.01. The number of ether oxygens (including phenoxy) is 2. The van der Waals surface area contributed by atoms with Crippen molar-refractivity contribution in [3.05, 3.63) is 29.8 Å². The fourth-order valence-corrected chi connectivity index (χ4v) is 1.49. The Kier molecular flexibility index (Phi) is 5.61. The molecular weight excluding hydrogens is 234 g/mol. The van der Waals surface area contributed by atoms with E-state index in [2.05, 4.69) is 10.1 Å². The fourth-order valence-electron chi connectivity index (χ4n) is 1.49. The normalized spacial score (nSPS) is 13.8. The lowest BCUT2D eigenvalue weighted by Gasteiger charge is -2.15. The molecule has 0 saturated heterocycles. The molecule has 1 aromatic rings. The SMILES string of the molecule is COc1cccc(C(C)C(=O)NCC(O)OC)c1. The van der Waals surface area contributed by atoms with Crippen molar-refractivity contribution in [3.63, 3.8) is 0 Å². The zero-order valence-electron chi connectivity index (χ0n) is 10.8. The quantitative estimate of drug-likeness (QED) is 0.738. The third-order valence-corrected chi connectivity index (χ3v) is 2.71. The molecule has 1 aromatic carbocycles. The zero-order chi connectivity index (χ0) is 13.5. The lowest BCUT2D eigenvalue weighted by Crippen LogP contribution is -2.35. The molecule has 0 aliphatic carbocycles. The van der Waals surface area contributed by atoms with Crippen LogP contribution in [0.2, 0.25) is 0 Å². The lowest BCUT2D eigenvalue weighted by molar-refractivity contribution is -0.125. The minimum Gasteiger partial charge on any atom is -0.497 e. The number of rotatable bonds is 6. The van der Waals surface area contributed by atoms with Gasteiger partial charge in [-0.3, -0.25) is 4.79 Å². The van der Waals surface area contributed by atoms with E-state index < -0.39 is 6.29 Å². The van der Waals surface area contributed by atoms with Gasteiger partial charge in [-0.2, -0.15) is 0 Å². The molecule has 1 rings (SSSR count). The monoisotopic (exact) mass is 253 g/mol. The van der Waals surface area contributed by atoms with E-state index in [1.165, 1.54) is 7.11 Å². The van der Waals surface area contributed by atoms with Crippen LogP contribution < -0.4 is 10.1 Å². The largest absolute Gasteiger partial charge is 0.497 e. The van der Waals surface area contributed by atoms with E-state index in [1.807, 2.05) is 24.3 Å². The maximum atomic E-state index is 11.8. The summed E-state index contributed by atoms with van der Waals surface area (Å²) in [7, 11) is 2.96. The van der Waals surface area contributed by atoms with Gasteiger partial charge in [0.1, 0.15) is 5.75 Å². The first-order valence-electron chi connectivity index (χ1n) is 5.71. The molecule has 1 amide bonds. The molecule has 0 spiro atoms. The van der Waals surface area contributed by atoms with Crippen molar-refractivity contribution >= 4 is 5.91 Å². The van der Waals surface area contributed by atoms with E-state index in [-0.39, 0.29) is 18.4 Å². The first-order chi connectivity index (χ1) is 8.58. The Hall–Kier alpha value is -1.59. The first kappa shape index (κ1) is 14.5. The fraction of sp³-hybridized carbons (Fsp3) is 0.462. The summed E-state index contributed by atoms with van der Waals surface area (Å²) in [5.41, 5.74) is 0.860. The molecule has 0 aromatic heterocycles. The number of methoxy groups -OCH3 is 2. The molecule has 0 radical (unpaired) electrons. The summed E-state index contributed by atoms with van der Waals surface area (Å²) in [5, 5.41) is 11.8. The number of benzene rings is 1. The molecule has 0 aliphatic rings. The van der Waals surface area contributed by atoms with Gasteiger partial charge in [-0.25, -0.2) is 0 Å². The Morgan fingerprint density at radius 3 is 2.78 bits per heavy atom. The van der Waals surface area contributed by atoms with Crippen LogP contribution in [-0.4, -0.2) is 38.1 Å². The van der Waals surface area contributed by atoms with Gasteiger partial charge in [0, 0.05) is 7.11 Å². The summed E-state index contributed by atoms with van der Waals surface area (Å²) < 4.78 is 9.75. The second-order valence-electron chi connectivity index (χ2n) is 3.93. The first-order valence-corrected chi connectivity index (χ1v) is 5.71. The maximum absolute atomic E-state index is 11.8. The molecule has 0 heterocycles. The number of carbonyl (C=O) groups is 1. The van der Waals surface area contributed by atoms with Gasteiger partial charge in [0.15, 0.2) is 6.29 Å². The summed E-state index contributed by atoms with van der Waals surface area (Å²) >= 11 is 0. The predicted octanol–water partition coefficient (Wildman–Crippen LogP) is 0.880. The van der Waals surface area contributed by atoms with Crippen LogP contribution in [0.25, 0.3) is 0 Å². The van der Waals surface area contributed by atoms with E-state index in [4.69, 9.17) is 4.74 Å². The smallest absolute Gasteiger partial charge is 0.227 e. The van der Waals surface area contributed by atoms with Gasteiger partial charge in [0.05, 0.1) is 19.6 Å². The third-order valence-electron chi connectivity index (χ3n) is 2.71. The molecule has 5 nitrogen and oxygen atoms in total. The Balaban J connectivity index is 2.62. The molecule has 2 unspecified atom stereocenters. The molecule has 0 bridgehead atoms. The van der Waals surface area contributed by atoms with Crippen LogP contribution in [-0.2, 0) is 9.53 Å². The summed E-state index contributed by atoms with van der Waals surface area (Å²) in [5.74, 6) is 0.229. The number of hydrogen-bond acceptors (Lipinski definition) is 4. The molecule has 100 valence electrons. The second-order valence-corrected chi connectivity index (χ2v) is 3.93. The summed E-state index contributed by atoms with van der Waals surface area (Å²) in [6, 6.07) is 7.33. The summed E-state index contributed by atoms with van der Waals surface area (Å²) in [4.78, 5) is 11.8. The molecule has 0 saturated carbocycles. The van der Waals surface area contributed by atoms with E-state index in [9.17, 15) is 9.90 Å². The van der Waals surface area contributed by atoms with Crippen LogP contribution in [0.5, 0.6) is 5.75 Å². The average Bonchev–Trinajstić information content (AvgIpc) is 2.43. The second kappa shape index (κ2) is 6.98. The standard InChI is InChI=1S/C13H19NO4/c1-9(13(16)14-8-12(15)18-3)10-5-4-6-11(7-10)17-2/h4-7,9,12,15H,8H2,1-3H3,(H,14,16). The molecule has 5 heteroatoms. The molecular formula is C13H19NO4. The van der Waals surface area contributed by atoms with E-state index in [1.54, 1.807) is 14.0 Å².